The number of rotatable bonds is 9. The van der Waals surface area contributed by atoms with E-state index in [9.17, 15) is 9.59 Å². The topological polar surface area (TPSA) is 58.6 Å². The molecule has 2 aromatic rings. The maximum atomic E-state index is 12.9. The molecule has 0 heterocycles. The number of halogens is 2. The van der Waals surface area contributed by atoms with Gasteiger partial charge in [-0.3, -0.25) is 9.59 Å². The zero-order valence-corrected chi connectivity index (χ0v) is 19.2. The lowest BCUT2D eigenvalue weighted by Gasteiger charge is -2.29. The van der Waals surface area contributed by atoms with E-state index >= 15 is 0 Å². The molecule has 0 aliphatic rings. The van der Waals surface area contributed by atoms with Gasteiger partial charge in [-0.05, 0) is 62.2 Å². The van der Waals surface area contributed by atoms with E-state index in [2.05, 4.69) is 21.2 Å². The van der Waals surface area contributed by atoms with E-state index in [4.69, 9.17) is 16.3 Å². The van der Waals surface area contributed by atoms with Crippen molar-refractivity contribution >= 4 is 39.3 Å². The summed E-state index contributed by atoms with van der Waals surface area (Å²) in [6, 6.07) is 13.9. The van der Waals surface area contributed by atoms with E-state index in [1.165, 1.54) is 4.90 Å². The second-order valence-corrected chi connectivity index (χ2v) is 8.24. The quantitative estimate of drug-likeness (QED) is 0.559. The number of hydrogen-bond donors (Lipinski definition) is 1. The van der Waals surface area contributed by atoms with Crippen LogP contribution in [0.4, 0.5) is 0 Å². The Bertz CT molecular complexity index is 812. The number of benzene rings is 2. The van der Waals surface area contributed by atoms with E-state index in [1.54, 1.807) is 31.2 Å². The van der Waals surface area contributed by atoms with Gasteiger partial charge in [0.05, 0.1) is 0 Å². The van der Waals surface area contributed by atoms with Crippen molar-refractivity contribution in [2.75, 3.05) is 6.61 Å². The third kappa shape index (κ3) is 7.37. The van der Waals surface area contributed by atoms with E-state index in [1.807, 2.05) is 38.1 Å². The molecule has 29 heavy (non-hydrogen) atoms. The normalized spacial score (nSPS) is 12.7. The van der Waals surface area contributed by atoms with Gasteiger partial charge in [0.25, 0.3) is 5.91 Å². The number of hydrogen-bond acceptors (Lipinski definition) is 3. The molecule has 2 rings (SSSR count). The van der Waals surface area contributed by atoms with E-state index < -0.39 is 6.04 Å². The molecule has 7 heteroatoms. The highest BCUT2D eigenvalue weighted by Crippen LogP contribution is 2.17. The largest absolute Gasteiger partial charge is 0.484 e. The standard InChI is InChI=1S/C22H26BrClN2O3/c1-4-15(2)25-22(28)16(3)26(13-17-5-9-19(24)10-6-17)21(27)14-29-20-11-7-18(23)8-12-20/h5-12,15-16H,4,13-14H2,1-3H3,(H,25,28)/t15-,16-/m1/s1. The number of carbonyl (C=O) groups excluding carboxylic acids is 2. The van der Waals surface area contributed by atoms with Crippen molar-refractivity contribution in [1.82, 2.24) is 10.2 Å². The van der Waals surface area contributed by atoms with Gasteiger partial charge in [0.2, 0.25) is 5.91 Å². The van der Waals surface area contributed by atoms with Crippen LogP contribution in [0.2, 0.25) is 5.02 Å². The second kappa shape index (κ2) is 11.2. The minimum Gasteiger partial charge on any atom is -0.484 e. The van der Waals surface area contributed by atoms with Crippen LogP contribution in [0.1, 0.15) is 32.8 Å². The lowest BCUT2D eigenvalue weighted by Crippen LogP contribution is -2.50. The van der Waals surface area contributed by atoms with Crippen LogP contribution < -0.4 is 10.1 Å². The highest BCUT2D eigenvalue weighted by molar-refractivity contribution is 9.10. The first-order chi connectivity index (χ1) is 13.8. The summed E-state index contributed by atoms with van der Waals surface area (Å²) in [5.74, 6) is 0.129. The van der Waals surface area contributed by atoms with Crippen molar-refractivity contribution in [1.29, 1.82) is 0 Å². The summed E-state index contributed by atoms with van der Waals surface area (Å²) in [6.45, 7) is 5.79. The summed E-state index contributed by atoms with van der Waals surface area (Å²) >= 11 is 9.32. The van der Waals surface area contributed by atoms with Crippen LogP contribution in [0.25, 0.3) is 0 Å². The number of nitrogens with one attached hydrogen (secondary N) is 1. The van der Waals surface area contributed by atoms with Gasteiger partial charge in [-0.2, -0.15) is 0 Å². The Hall–Kier alpha value is -2.05. The molecule has 0 aromatic heterocycles. The average molecular weight is 482 g/mol. The molecule has 156 valence electrons. The number of nitrogens with zero attached hydrogens (tertiary/aromatic N) is 1. The second-order valence-electron chi connectivity index (χ2n) is 6.88. The van der Waals surface area contributed by atoms with Crippen LogP contribution >= 0.6 is 27.5 Å². The van der Waals surface area contributed by atoms with Crippen molar-refractivity contribution in [2.45, 2.75) is 45.8 Å². The van der Waals surface area contributed by atoms with Crippen LogP contribution in [-0.4, -0.2) is 35.4 Å². The summed E-state index contributed by atoms with van der Waals surface area (Å²) in [6.07, 6.45) is 0.816. The Kier molecular flexibility index (Phi) is 8.99. The Morgan fingerprint density at radius 1 is 1.10 bits per heavy atom. The van der Waals surface area contributed by atoms with Gasteiger partial charge >= 0.3 is 0 Å². The van der Waals surface area contributed by atoms with Crippen molar-refractivity contribution in [2.24, 2.45) is 0 Å². The van der Waals surface area contributed by atoms with Crippen LogP contribution in [0, 0.1) is 0 Å². The van der Waals surface area contributed by atoms with Crippen LogP contribution in [0.5, 0.6) is 5.75 Å². The molecule has 0 saturated heterocycles. The smallest absolute Gasteiger partial charge is 0.261 e. The molecular weight excluding hydrogens is 456 g/mol. The molecule has 0 bridgehead atoms. The van der Waals surface area contributed by atoms with E-state index in [0.29, 0.717) is 10.8 Å². The van der Waals surface area contributed by atoms with Gasteiger partial charge in [0.15, 0.2) is 6.61 Å². The molecule has 0 saturated carbocycles. The van der Waals surface area contributed by atoms with Gasteiger partial charge in [-0.1, -0.05) is 46.6 Å². The zero-order chi connectivity index (χ0) is 21.4. The maximum Gasteiger partial charge on any atom is 0.261 e. The van der Waals surface area contributed by atoms with Crippen molar-refractivity contribution in [3.8, 4) is 5.75 Å². The summed E-state index contributed by atoms with van der Waals surface area (Å²) in [4.78, 5) is 27.1. The highest BCUT2D eigenvalue weighted by Gasteiger charge is 2.27. The summed E-state index contributed by atoms with van der Waals surface area (Å²) in [5, 5.41) is 3.56. The molecule has 0 radical (unpaired) electrons. The molecule has 5 nitrogen and oxygen atoms in total. The monoisotopic (exact) mass is 480 g/mol. The van der Waals surface area contributed by atoms with E-state index in [-0.39, 0.29) is 31.0 Å². The van der Waals surface area contributed by atoms with Crippen molar-refractivity contribution < 1.29 is 14.3 Å². The van der Waals surface area contributed by atoms with Crippen LogP contribution in [-0.2, 0) is 16.1 Å². The Balaban J connectivity index is 2.13. The summed E-state index contributed by atoms with van der Waals surface area (Å²) < 4.78 is 6.55. The van der Waals surface area contributed by atoms with Gasteiger partial charge < -0.3 is 15.0 Å². The molecule has 0 unspecified atom stereocenters. The van der Waals surface area contributed by atoms with Crippen LogP contribution in [0.15, 0.2) is 53.0 Å². The molecular formula is C22H26BrClN2O3. The fraction of sp³-hybridized carbons (Fsp3) is 0.364. The predicted molar refractivity (Wildman–Crippen MR) is 119 cm³/mol. The van der Waals surface area contributed by atoms with Gasteiger partial charge in [0, 0.05) is 22.1 Å². The minimum absolute atomic E-state index is 0.0384. The number of amides is 2. The fourth-order valence-corrected chi connectivity index (χ4v) is 2.98. The van der Waals surface area contributed by atoms with Gasteiger partial charge in [-0.15, -0.1) is 0 Å². The fourth-order valence-electron chi connectivity index (χ4n) is 2.59. The first kappa shape index (κ1) is 23.2. The third-order valence-electron chi connectivity index (χ3n) is 4.61. The molecule has 0 aliphatic carbocycles. The zero-order valence-electron chi connectivity index (χ0n) is 16.8. The van der Waals surface area contributed by atoms with Gasteiger partial charge in [-0.25, -0.2) is 0 Å². The van der Waals surface area contributed by atoms with Crippen LogP contribution in [0.3, 0.4) is 0 Å². The lowest BCUT2D eigenvalue weighted by molar-refractivity contribution is -0.142. The summed E-state index contributed by atoms with van der Waals surface area (Å²) in [7, 11) is 0. The Morgan fingerprint density at radius 3 is 2.31 bits per heavy atom. The van der Waals surface area contributed by atoms with Crippen molar-refractivity contribution in [3.63, 3.8) is 0 Å². The molecule has 2 aromatic carbocycles. The minimum atomic E-state index is -0.638. The highest BCUT2D eigenvalue weighted by atomic mass is 79.9. The SMILES string of the molecule is CC[C@@H](C)NC(=O)[C@@H](C)N(Cc1ccc(Cl)cc1)C(=O)COc1ccc(Br)cc1. The van der Waals surface area contributed by atoms with Crippen molar-refractivity contribution in [3.05, 3.63) is 63.6 Å². The third-order valence-corrected chi connectivity index (χ3v) is 5.39. The first-order valence-electron chi connectivity index (χ1n) is 9.52. The molecule has 0 fully saturated rings. The predicted octanol–water partition coefficient (Wildman–Crippen LogP) is 4.81. The van der Waals surface area contributed by atoms with Gasteiger partial charge in [0.1, 0.15) is 11.8 Å². The van der Waals surface area contributed by atoms with E-state index in [0.717, 1.165) is 16.5 Å². The average Bonchev–Trinajstić information content (AvgIpc) is 2.72. The maximum absolute atomic E-state index is 12.9. The summed E-state index contributed by atoms with van der Waals surface area (Å²) in [5.41, 5.74) is 0.884. The molecule has 2 amide bonds. The molecule has 2 atom stereocenters. The molecule has 0 spiro atoms. The Morgan fingerprint density at radius 2 is 1.72 bits per heavy atom. The molecule has 0 aliphatic heterocycles. The lowest BCUT2D eigenvalue weighted by atomic mass is 10.1. The number of ether oxygens (including phenoxy) is 1. The number of carbonyl (C=O) groups is 2. The molecule has 1 N–H and O–H groups in total. The first-order valence-corrected chi connectivity index (χ1v) is 10.7. The Labute approximate surface area is 185 Å².